The van der Waals surface area contributed by atoms with E-state index in [9.17, 15) is 29.8 Å². The van der Waals surface area contributed by atoms with Gasteiger partial charge in [0, 0.05) is 46.8 Å². The number of hydrogen-bond acceptors (Lipinski definition) is 6. The number of hydrogen-bond donors (Lipinski definition) is 2. The van der Waals surface area contributed by atoms with Crippen LogP contribution in [0, 0.1) is 20.2 Å². The third-order valence-corrected chi connectivity index (χ3v) is 5.09. The topological polar surface area (TPSA) is 144 Å². The number of amides is 2. The molecule has 0 unspecified atom stereocenters. The van der Waals surface area contributed by atoms with Gasteiger partial charge in [-0.3, -0.25) is 29.8 Å². The summed E-state index contributed by atoms with van der Waals surface area (Å²) >= 11 is 0. The molecule has 4 rings (SSSR count). The normalized spacial score (nSPS) is 10.5. The molecule has 0 saturated carbocycles. The van der Waals surface area contributed by atoms with Gasteiger partial charge in [-0.1, -0.05) is 24.3 Å². The maximum absolute atomic E-state index is 12.9. The van der Waals surface area contributed by atoms with Crippen LogP contribution in [0.3, 0.4) is 0 Å². The van der Waals surface area contributed by atoms with Crippen molar-refractivity contribution in [1.29, 1.82) is 0 Å². The Morgan fingerprint density at radius 2 is 0.912 bits per heavy atom. The summed E-state index contributed by atoms with van der Waals surface area (Å²) in [6.07, 6.45) is 0. The molecule has 0 bridgehead atoms. The summed E-state index contributed by atoms with van der Waals surface area (Å²) in [5, 5.41) is 28.1. The Kier molecular flexibility index (Phi) is 5.95. The number of carbonyl (C=O) groups is 2. The Labute approximate surface area is 192 Å². The number of nitrogens with one attached hydrogen (secondary N) is 2. The van der Waals surface area contributed by atoms with Crippen LogP contribution in [0.15, 0.2) is 84.9 Å². The minimum absolute atomic E-state index is 0.0909. The third kappa shape index (κ3) is 4.55. The van der Waals surface area contributed by atoms with Crippen molar-refractivity contribution >= 4 is 45.3 Å². The summed E-state index contributed by atoms with van der Waals surface area (Å²) in [6, 6.07) is 20.8. The van der Waals surface area contributed by atoms with Gasteiger partial charge in [0.2, 0.25) is 0 Å². The monoisotopic (exact) mass is 456 g/mol. The highest BCUT2D eigenvalue weighted by Crippen LogP contribution is 2.26. The molecule has 0 aliphatic rings. The second-order valence-corrected chi connectivity index (χ2v) is 7.22. The predicted molar refractivity (Wildman–Crippen MR) is 126 cm³/mol. The molecule has 0 spiro atoms. The SMILES string of the molecule is O=C(Nc1ccc([N+](=O)[O-])cc1)c1ccc(C(=O)Nc2ccc([N+](=O)[O-])cc2)c2ccccc12. The van der Waals surface area contributed by atoms with Crippen molar-refractivity contribution in [3.8, 4) is 0 Å². The molecule has 0 aliphatic heterocycles. The summed E-state index contributed by atoms with van der Waals surface area (Å²) in [5.74, 6) is -0.875. The van der Waals surface area contributed by atoms with E-state index in [1.807, 2.05) is 0 Å². The zero-order valence-corrected chi connectivity index (χ0v) is 17.4. The Balaban J connectivity index is 1.60. The molecule has 4 aromatic rings. The van der Waals surface area contributed by atoms with Gasteiger partial charge in [0.25, 0.3) is 23.2 Å². The summed E-state index contributed by atoms with van der Waals surface area (Å²) < 4.78 is 0. The van der Waals surface area contributed by atoms with E-state index in [2.05, 4.69) is 10.6 Å². The van der Waals surface area contributed by atoms with E-state index in [4.69, 9.17) is 0 Å². The van der Waals surface area contributed by atoms with Crippen molar-refractivity contribution in [2.24, 2.45) is 0 Å². The number of nitrogens with zero attached hydrogens (tertiary/aromatic N) is 2. The molecule has 4 aromatic carbocycles. The average Bonchev–Trinajstić information content (AvgIpc) is 2.84. The molecule has 10 nitrogen and oxygen atoms in total. The molecular formula is C24H16N4O6. The first-order valence-corrected chi connectivity index (χ1v) is 9.97. The smallest absolute Gasteiger partial charge is 0.269 e. The van der Waals surface area contributed by atoms with Gasteiger partial charge >= 0.3 is 0 Å². The van der Waals surface area contributed by atoms with E-state index >= 15 is 0 Å². The zero-order chi connectivity index (χ0) is 24.2. The molecular weight excluding hydrogens is 440 g/mol. The van der Waals surface area contributed by atoms with Gasteiger partial charge in [0.15, 0.2) is 0 Å². The standard InChI is InChI=1S/C24H16N4O6/c29-23(25-15-5-9-17(10-6-15)27(31)32)21-13-14-22(20-4-2-1-3-19(20)21)24(30)26-16-7-11-18(12-8-16)28(33)34/h1-14H,(H,25,29)(H,26,30). The van der Waals surface area contributed by atoms with Gasteiger partial charge in [-0.05, 0) is 47.2 Å². The van der Waals surface area contributed by atoms with Crippen LogP contribution in [0.5, 0.6) is 0 Å². The van der Waals surface area contributed by atoms with Gasteiger partial charge in [-0.2, -0.15) is 0 Å². The third-order valence-electron chi connectivity index (χ3n) is 5.09. The predicted octanol–water partition coefficient (Wildman–Crippen LogP) is 5.16. The first-order valence-electron chi connectivity index (χ1n) is 9.97. The van der Waals surface area contributed by atoms with Crippen LogP contribution in [0.2, 0.25) is 0 Å². The minimum Gasteiger partial charge on any atom is -0.322 e. The number of nitro benzene ring substituents is 2. The van der Waals surface area contributed by atoms with E-state index in [0.29, 0.717) is 33.3 Å². The molecule has 34 heavy (non-hydrogen) atoms. The lowest BCUT2D eigenvalue weighted by molar-refractivity contribution is -0.385. The molecule has 0 fully saturated rings. The zero-order valence-electron chi connectivity index (χ0n) is 17.4. The van der Waals surface area contributed by atoms with Crippen molar-refractivity contribution in [2.45, 2.75) is 0 Å². The number of benzene rings is 4. The van der Waals surface area contributed by atoms with Gasteiger partial charge < -0.3 is 10.6 Å². The number of fused-ring (bicyclic) bond motifs is 1. The number of anilines is 2. The van der Waals surface area contributed by atoms with E-state index in [1.165, 1.54) is 60.7 Å². The van der Waals surface area contributed by atoms with Crippen LogP contribution in [0.4, 0.5) is 22.7 Å². The first-order chi connectivity index (χ1) is 16.3. The fourth-order valence-corrected chi connectivity index (χ4v) is 3.42. The Hall–Kier alpha value is -5.12. The van der Waals surface area contributed by atoms with Crippen molar-refractivity contribution in [1.82, 2.24) is 0 Å². The highest BCUT2D eigenvalue weighted by atomic mass is 16.6. The molecule has 0 heterocycles. The summed E-state index contributed by atoms with van der Waals surface area (Å²) in [6.45, 7) is 0. The molecule has 0 radical (unpaired) electrons. The van der Waals surface area contributed by atoms with Gasteiger partial charge in [-0.25, -0.2) is 0 Å². The van der Waals surface area contributed by atoms with Crippen LogP contribution < -0.4 is 10.6 Å². The maximum Gasteiger partial charge on any atom is 0.269 e. The molecule has 0 aliphatic carbocycles. The van der Waals surface area contributed by atoms with Crippen LogP contribution in [-0.4, -0.2) is 21.7 Å². The lowest BCUT2D eigenvalue weighted by Gasteiger charge is -2.12. The quantitative estimate of drug-likeness (QED) is 0.303. The Bertz CT molecular complexity index is 1320. The van der Waals surface area contributed by atoms with Crippen LogP contribution in [0.1, 0.15) is 20.7 Å². The lowest BCUT2D eigenvalue weighted by Crippen LogP contribution is -2.15. The van der Waals surface area contributed by atoms with Gasteiger partial charge in [-0.15, -0.1) is 0 Å². The first kappa shape index (κ1) is 22.1. The second kappa shape index (κ2) is 9.17. The number of nitro groups is 2. The molecule has 0 saturated heterocycles. The van der Waals surface area contributed by atoms with Crippen molar-refractivity contribution in [3.63, 3.8) is 0 Å². The Morgan fingerprint density at radius 3 is 1.24 bits per heavy atom. The average molecular weight is 456 g/mol. The molecule has 2 N–H and O–H groups in total. The van der Waals surface area contributed by atoms with E-state index in [-0.39, 0.29) is 11.4 Å². The lowest BCUT2D eigenvalue weighted by atomic mass is 9.98. The largest absolute Gasteiger partial charge is 0.322 e. The van der Waals surface area contributed by atoms with E-state index < -0.39 is 21.7 Å². The van der Waals surface area contributed by atoms with Crippen molar-refractivity contribution in [3.05, 3.63) is 116 Å². The van der Waals surface area contributed by atoms with Gasteiger partial charge in [0.1, 0.15) is 0 Å². The van der Waals surface area contributed by atoms with Crippen LogP contribution >= 0.6 is 0 Å². The fraction of sp³-hybridized carbons (Fsp3) is 0. The summed E-state index contributed by atoms with van der Waals surface area (Å²) in [5.41, 5.74) is 1.24. The molecule has 168 valence electrons. The molecule has 0 aromatic heterocycles. The van der Waals surface area contributed by atoms with E-state index in [1.54, 1.807) is 24.3 Å². The molecule has 0 atom stereocenters. The molecule has 10 heteroatoms. The van der Waals surface area contributed by atoms with Crippen molar-refractivity contribution in [2.75, 3.05) is 10.6 Å². The van der Waals surface area contributed by atoms with E-state index in [0.717, 1.165) is 0 Å². The maximum atomic E-state index is 12.9. The summed E-state index contributed by atoms with van der Waals surface area (Å²) in [7, 11) is 0. The van der Waals surface area contributed by atoms with Gasteiger partial charge in [0.05, 0.1) is 9.85 Å². The minimum atomic E-state index is -0.528. The fourth-order valence-electron chi connectivity index (χ4n) is 3.42. The molecule has 2 amide bonds. The number of rotatable bonds is 6. The second-order valence-electron chi connectivity index (χ2n) is 7.22. The van der Waals surface area contributed by atoms with Crippen molar-refractivity contribution < 1.29 is 19.4 Å². The van der Waals surface area contributed by atoms with Crippen LogP contribution in [-0.2, 0) is 0 Å². The Morgan fingerprint density at radius 1 is 0.559 bits per heavy atom. The number of non-ortho nitro benzene ring substituents is 2. The highest BCUT2D eigenvalue weighted by molar-refractivity contribution is 6.19. The number of carbonyl (C=O) groups excluding carboxylic acids is 2. The van der Waals surface area contributed by atoms with Crippen LogP contribution in [0.25, 0.3) is 10.8 Å². The highest BCUT2D eigenvalue weighted by Gasteiger charge is 2.17. The summed E-state index contributed by atoms with van der Waals surface area (Å²) in [4.78, 5) is 46.4.